The average molecular weight is 416 g/mol. The highest BCUT2D eigenvalue weighted by atomic mass is 16.5. The number of rotatable bonds is 9. The minimum Gasteiger partial charge on any atom is -0.383 e. The summed E-state index contributed by atoms with van der Waals surface area (Å²) >= 11 is 0. The number of hydrogen-bond donors (Lipinski definition) is 2. The lowest BCUT2D eigenvalue weighted by atomic mass is 10.1. The Balaban J connectivity index is 1.80. The lowest BCUT2D eigenvalue weighted by Gasteiger charge is -2.06. The van der Waals surface area contributed by atoms with Crippen LogP contribution in [0, 0.1) is 11.3 Å². The first kappa shape index (κ1) is 21.8. The fourth-order valence-corrected chi connectivity index (χ4v) is 3.20. The Labute approximate surface area is 180 Å². The van der Waals surface area contributed by atoms with Crippen LogP contribution in [-0.2, 0) is 27.4 Å². The van der Waals surface area contributed by atoms with Gasteiger partial charge in [0.2, 0.25) is 5.91 Å². The van der Waals surface area contributed by atoms with Crippen LogP contribution in [-0.4, -0.2) is 36.6 Å². The molecule has 3 aromatic rings. The second-order valence-corrected chi connectivity index (χ2v) is 6.91. The van der Waals surface area contributed by atoms with Crippen LogP contribution < -0.4 is 10.6 Å². The molecule has 7 heteroatoms. The maximum Gasteiger partial charge on any atom is 0.262 e. The molecule has 1 aromatic heterocycles. The van der Waals surface area contributed by atoms with Crippen LogP contribution in [0.1, 0.15) is 11.1 Å². The molecule has 0 radical (unpaired) electrons. The van der Waals surface area contributed by atoms with Crippen molar-refractivity contribution in [1.29, 1.82) is 5.26 Å². The predicted octanol–water partition coefficient (Wildman–Crippen LogP) is 2.63. The van der Waals surface area contributed by atoms with Gasteiger partial charge in [0.05, 0.1) is 6.61 Å². The van der Waals surface area contributed by atoms with Crippen molar-refractivity contribution in [3.63, 3.8) is 0 Å². The molecule has 2 amide bonds. The first-order chi connectivity index (χ1) is 15.1. The van der Waals surface area contributed by atoms with Crippen LogP contribution in [0.4, 0.5) is 0 Å². The van der Waals surface area contributed by atoms with Crippen LogP contribution in [0.15, 0.2) is 66.4 Å². The lowest BCUT2D eigenvalue weighted by Crippen LogP contribution is -2.30. The summed E-state index contributed by atoms with van der Waals surface area (Å²) in [5.74, 6) is -0.588. The maximum atomic E-state index is 12.5. The zero-order valence-electron chi connectivity index (χ0n) is 17.3. The van der Waals surface area contributed by atoms with Crippen molar-refractivity contribution in [3.8, 4) is 6.07 Å². The maximum absolute atomic E-state index is 12.5. The molecule has 0 saturated carbocycles. The number of hydrogen-bond acceptors (Lipinski definition) is 4. The van der Waals surface area contributed by atoms with Gasteiger partial charge in [-0.15, -0.1) is 0 Å². The molecular weight excluding hydrogens is 392 g/mol. The van der Waals surface area contributed by atoms with E-state index in [9.17, 15) is 14.9 Å². The minimum absolute atomic E-state index is 0.00313. The summed E-state index contributed by atoms with van der Waals surface area (Å²) in [5.41, 5.74) is 2.50. The molecule has 0 fully saturated rings. The van der Waals surface area contributed by atoms with E-state index < -0.39 is 5.91 Å². The predicted molar refractivity (Wildman–Crippen MR) is 119 cm³/mol. The van der Waals surface area contributed by atoms with Gasteiger partial charge in [-0.1, -0.05) is 48.5 Å². The normalized spacial score (nSPS) is 11.2. The summed E-state index contributed by atoms with van der Waals surface area (Å²) in [4.78, 5) is 24.8. The third kappa shape index (κ3) is 5.81. The molecule has 1 heterocycles. The smallest absolute Gasteiger partial charge is 0.262 e. The van der Waals surface area contributed by atoms with Gasteiger partial charge in [0.25, 0.3) is 5.91 Å². The number of aromatic nitrogens is 1. The van der Waals surface area contributed by atoms with Gasteiger partial charge in [0.15, 0.2) is 0 Å². The summed E-state index contributed by atoms with van der Waals surface area (Å²) in [6, 6.07) is 19.0. The highest BCUT2D eigenvalue weighted by Crippen LogP contribution is 2.23. The van der Waals surface area contributed by atoms with E-state index in [0.717, 1.165) is 16.5 Å². The zero-order valence-corrected chi connectivity index (χ0v) is 17.3. The number of ether oxygens (including phenoxy) is 1. The Kier molecular flexibility index (Phi) is 7.57. The molecule has 158 valence electrons. The number of nitrogens with zero attached hydrogens (tertiary/aromatic N) is 2. The van der Waals surface area contributed by atoms with E-state index in [4.69, 9.17) is 4.74 Å². The van der Waals surface area contributed by atoms with Crippen molar-refractivity contribution in [2.45, 2.75) is 13.1 Å². The molecule has 0 aliphatic rings. The molecule has 0 bridgehead atoms. The standard InChI is InChI=1S/C24H24N4O3/c1-31-12-11-26-23(29)17-28-16-20(21-9-5-6-10-22(21)28)13-19(14-25)24(30)27-15-18-7-3-2-4-8-18/h2-10,13,16H,11-12,15,17H2,1H3,(H,26,29)(H,27,30)/b19-13+. The quantitative estimate of drug-likeness (QED) is 0.318. The Bertz CT molecular complexity index is 1130. The Morgan fingerprint density at radius 2 is 1.84 bits per heavy atom. The van der Waals surface area contributed by atoms with Crippen molar-refractivity contribution in [2.75, 3.05) is 20.3 Å². The van der Waals surface area contributed by atoms with Gasteiger partial charge < -0.3 is 19.9 Å². The van der Waals surface area contributed by atoms with Crippen LogP contribution in [0.3, 0.4) is 0 Å². The summed E-state index contributed by atoms with van der Waals surface area (Å²) < 4.78 is 6.75. The fraction of sp³-hybridized carbons (Fsp3) is 0.208. The molecule has 0 aliphatic carbocycles. The molecule has 2 N–H and O–H groups in total. The fourth-order valence-electron chi connectivity index (χ4n) is 3.20. The van der Waals surface area contributed by atoms with Crippen LogP contribution in [0.5, 0.6) is 0 Å². The Hall–Kier alpha value is -3.89. The Morgan fingerprint density at radius 3 is 2.58 bits per heavy atom. The van der Waals surface area contributed by atoms with Crippen LogP contribution >= 0.6 is 0 Å². The average Bonchev–Trinajstić information content (AvgIpc) is 3.13. The SMILES string of the molecule is COCCNC(=O)Cn1cc(/C=C(\C#N)C(=O)NCc2ccccc2)c2ccccc21. The number of carbonyl (C=O) groups excluding carboxylic acids is 2. The van der Waals surface area contributed by atoms with E-state index in [1.165, 1.54) is 0 Å². The van der Waals surface area contributed by atoms with Crippen molar-refractivity contribution in [1.82, 2.24) is 15.2 Å². The molecule has 3 rings (SSSR count). The first-order valence-corrected chi connectivity index (χ1v) is 9.90. The summed E-state index contributed by atoms with van der Waals surface area (Å²) in [6.07, 6.45) is 3.34. The van der Waals surface area contributed by atoms with Crippen molar-refractivity contribution in [3.05, 3.63) is 77.5 Å². The van der Waals surface area contributed by atoms with E-state index in [2.05, 4.69) is 10.6 Å². The number of fused-ring (bicyclic) bond motifs is 1. The van der Waals surface area contributed by atoms with Crippen molar-refractivity contribution >= 4 is 28.8 Å². The van der Waals surface area contributed by atoms with Gasteiger partial charge in [0, 0.05) is 42.9 Å². The van der Waals surface area contributed by atoms with Gasteiger partial charge in [0.1, 0.15) is 18.2 Å². The number of amides is 2. The molecule has 0 saturated heterocycles. The molecular formula is C24H24N4O3. The number of carbonyl (C=O) groups is 2. The van der Waals surface area contributed by atoms with Crippen LogP contribution in [0.2, 0.25) is 0 Å². The number of para-hydroxylation sites is 1. The van der Waals surface area contributed by atoms with Gasteiger partial charge in [-0.2, -0.15) is 5.26 Å². The van der Waals surface area contributed by atoms with Crippen molar-refractivity contribution < 1.29 is 14.3 Å². The van der Waals surface area contributed by atoms with Gasteiger partial charge in [-0.3, -0.25) is 9.59 Å². The highest BCUT2D eigenvalue weighted by Gasteiger charge is 2.13. The number of nitrogens with one attached hydrogen (secondary N) is 2. The first-order valence-electron chi connectivity index (χ1n) is 9.90. The van der Waals surface area contributed by atoms with Gasteiger partial charge in [-0.25, -0.2) is 0 Å². The second kappa shape index (κ2) is 10.8. The third-order valence-electron chi connectivity index (χ3n) is 4.72. The molecule has 0 spiro atoms. The van der Waals surface area contributed by atoms with E-state index in [1.54, 1.807) is 23.9 Å². The summed E-state index contributed by atoms with van der Waals surface area (Å²) in [6.45, 7) is 1.33. The molecule has 0 unspecified atom stereocenters. The van der Waals surface area contributed by atoms with E-state index in [-0.39, 0.29) is 18.0 Å². The van der Waals surface area contributed by atoms with E-state index in [1.807, 2.05) is 60.7 Å². The van der Waals surface area contributed by atoms with E-state index in [0.29, 0.717) is 25.3 Å². The van der Waals surface area contributed by atoms with Crippen molar-refractivity contribution in [2.24, 2.45) is 0 Å². The third-order valence-corrected chi connectivity index (χ3v) is 4.72. The van der Waals surface area contributed by atoms with Gasteiger partial charge >= 0.3 is 0 Å². The number of benzene rings is 2. The summed E-state index contributed by atoms with van der Waals surface area (Å²) in [7, 11) is 1.58. The number of methoxy groups -OCH3 is 1. The highest BCUT2D eigenvalue weighted by molar-refractivity contribution is 6.04. The Morgan fingerprint density at radius 1 is 1.10 bits per heavy atom. The second-order valence-electron chi connectivity index (χ2n) is 6.91. The summed E-state index contributed by atoms with van der Waals surface area (Å²) in [5, 5.41) is 16.0. The van der Waals surface area contributed by atoms with E-state index >= 15 is 0 Å². The van der Waals surface area contributed by atoms with Gasteiger partial charge in [-0.05, 0) is 17.7 Å². The zero-order chi connectivity index (χ0) is 22.1. The lowest BCUT2D eigenvalue weighted by molar-refractivity contribution is -0.121. The molecule has 0 atom stereocenters. The van der Waals surface area contributed by atoms with Crippen LogP contribution in [0.25, 0.3) is 17.0 Å². The topological polar surface area (TPSA) is 96.2 Å². The molecule has 31 heavy (non-hydrogen) atoms. The largest absolute Gasteiger partial charge is 0.383 e. The molecule has 7 nitrogen and oxygen atoms in total. The minimum atomic E-state index is -0.444. The number of nitriles is 1. The monoisotopic (exact) mass is 416 g/mol. The molecule has 0 aliphatic heterocycles. The molecule has 2 aromatic carbocycles.